The van der Waals surface area contributed by atoms with Crippen molar-refractivity contribution in [2.45, 2.75) is 50.5 Å². The van der Waals surface area contributed by atoms with Crippen LogP contribution in [0.3, 0.4) is 0 Å². The van der Waals surface area contributed by atoms with Crippen molar-refractivity contribution in [2.24, 2.45) is 5.73 Å². The van der Waals surface area contributed by atoms with Crippen molar-refractivity contribution in [3.8, 4) is 0 Å². The van der Waals surface area contributed by atoms with Crippen LogP contribution < -0.4 is 16.6 Å². The van der Waals surface area contributed by atoms with Gasteiger partial charge in [0.1, 0.15) is 11.0 Å². The first-order valence-corrected chi connectivity index (χ1v) is 7.40. The van der Waals surface area contributed by atoms with Crippen molar-refractivity contribution in [1.29, 1.82) is 0 Å². The minimum Gasteiger partial charge on any atom is -0.380 e. The number of rotatable bonds is 3. The molecule has 0 atom stereocenters. The maximum absolute atomic E-state index is 12.3. The van der Waals surface area contributed by atoms with E-state index in [9.17, 15) is 18.0 Å². The molecule has 0 aliphatic heterocycles. The van der Waals surface area contributed by atoms with Gasteiger partial charge in [-0.3, -0.25) is 4.79 Å². The highest BCUT2D eigenvalue weighted by Gasteiger charge is 2.30. The average molecular weight is 369 g/mol. The van der Waals surface area contributed by atoms with Crippen LogP contribution in [0.1, 0.15) is 25.7 Å². The Labute approximate surface area is 127 Å². The van der Waals surface area contributed by atoms with Gasteiger partial charge in [0.05, 0.1) is 11.9 Å². The molecule has 1 aliphatic rings. The van der Waals surface area contributed by atoms with Crippen molar-refractivity contribution < 1.29 is 13.2 Å². The average Bonchev–Trinajstić information content (AvgIpc) is 2.39. The predicted molar refractivity (Wildman–Crippen MR) is 76.1 cm³/mol. The summed E-state index contributed by atoms with van der Waals surface area (Å²) in [6, 6.07) is 0.352. The molecule has 1 saturated carbocycles. The molecule has 118 valence electrons. The van der Waals surface area contributed by atoms with E-state index in [1.807, 2.05) is 0 Å². The Morgan fingerprint density at radius 2 is 2.00 bits per heavy atom. The summed E-state index contributed by atoms with van der Waals surface area (Å²) >= 11 is 3.05. The van der Waals surface area contributed by atoms with E-state index in [-0.39, 0.29) is 16.6 Å². The largest absolute Gasteiger partial charge is 0.408 e. The van der Waals surface area contributed by atoms with Gasteiger partial charge in [-0.2, -0.15) is 18.3 Å². The number of aromatic nitrogens is 2. The lowest BCUT2D eigenvalue weighted by atomic mass is 9.92. The van der Waals surface area contributed by atoms with E-state index >= 15 is 0 Å². The first-order chi connectivity index (χ1) is 9.76. The van der Waals surface area contributed by atoms with Crippen LogP contribution in [0.15, 0.2) is 15.5 Å². The maximum Gasteiger partial charge on any atom is 0.408 e. The highest BCUT2D eigenvalue weighted by Crippen LogP contribution is 2.24. The van der Waals surface area contributed by atoms with E-state index in [0.717, 1.165) is 25.7 Å². The van der Waals surface area contributed by atoms with Crippen LogP contribution in [0.4, 0.5) is 18.9 Å². The molecule has 0 unspecified atom stereocenters. The van der Waals surface area contributed by atoms with Crippen LogP contribution in [-0.2, 0) is 6.54 Å². The van der Waals surface area contributed by atoms with Crippen LogP contribution in [-0.4, -0.2) is 28.0 Å². The number of halogens is 4. The summed E-state index contributed by atoms with van der Waals surface area (Å²) in [7, 11) is 0. The number of nitrogens with one attached hydrogen (secondary N) is 1. The van der Waals surface area contributed by atoms with Crippen LogP contribution in [0.2, 0.25) is 0 Å². The molecule has 0 amide bonds. The molecule has 21 heavy (non-hydrogen) atoms. The van der Waals surface area contributed by atoms with Gasteiger partial charge in [-0.05, 0) is 41.6 Å². The van der Waals surface area contributed by atoms with Gasteiger partial charge in [-0.1, -0.05) is 0 Å². The molecule has 3 N–H and O–H groups in total. The van der Waals surface area contributed by atoms with E-state index < -0.39 is 18.3 Å². The molecule has 1 aromatic rings. The molecule has 1 heterocycles. The first-order valence-electron chi connectivity index (χ1n) is 6.61. The Hall–Kier alpha value is -1.09. The zero-order valence-corrected chi connectivity index (χ0v) is 12.7. The predicted octanol–water partition coefficient (Wildman–Crippen LogP) is 2.25. The second-order valence-corrected chi connectivity index (χ2v) is 6.00. The smallest absolute Gasteiger partial charge is 0.380 e. The van der Waals surface area contributed by atoms with E-state index in [4.69, 9.17) is 5.73 Å². The normalized spacial score (nSPS) is 23.1. The second kappa shape index (κ2) is 6.35. The van der Waals surface area contributed by atoms with E-state index in [2.05, 4.69) is 26.3 Å². The van der Waals surface area contributed by atoms with Crippen molar-refractivity contribution in [2.75, 3.05) is 5.32 Å². The van der Waals surface area contributed by atoms with Gasteiger partial charge in [-0.25, -0.2) is 4.68 Å². The minimum atomic E-state index is -4.48. The van der Waals surface area contributed by atoms with Gasteiger partial charge in [0, 0.05) is 12.1 Å². The van der Waals surface area contributed by atoms with Crippen LogP contribution in [0, 0.1) is 0 Å². The number of nitrogens with zero attached hydrogens (tertiary/aromatic N) is 2. The Morgan fingerprint density at radius 1 is 1.38 bits per heavy atom. The number of anilines is 1. The molecule has 0 aromatic carbocycles. The molecule has 1 aromatic heterocycles. The highest BCUT2D eigenvalue weighted by atomic mass is 79.9. The lowest BCUT2D eigenvalue weighted by molar-refractivity contribution is -0.143. The molecule has 2 rings (SSSR count). The van der Waals surface area contributed by atoms with Crippen LogP contribution in [0.5, 0.6) is 0 Å². The quantitative estimate of drug-likeness (QED) is 0.857. The third-order valence-corrected chi connectivity index (χ3v) is 4.21. The molecule has 1 fully saturated rings. The monoisotopic (exact) mass is 368 g/mol. The van der Waals surface area contributed by atoms with Gasteiger partial charge in [0.15, 0.2) is 0 Å². The number of hydrogen-bond donors (Lipinski definition) is 2. The fourth-order valence-corrected chi connectivity index (χ4v) is 2.75. The lowest BCUT2D eigenvalue weighted by Crippen LogP contribution is -2.34. The van der Waals surface area contributed by atoms with Gasteiger partial charge >= 0.3 is 6.18 Å². The highest BCUT2D eigenvalue weighted by molar-refractivity contribution is 9.10. The summed E-state index contributed by atoms with van der Waals surface area (Å²) in [5.74, 6) is 0. The molecule has 5 nitrogen and oxygen atoms in total. The molecule has 1 aliphatic carbocycles. The number of nitrogens with two attached hydrogens (primary N) is 1. The Kier molecular flexibility index (Phi) is 4.92. The van der Waals surface area contributed by atoms with Gasteiger partial charge < -0.3 is 11.1 Å². The van der Waals surface area contributed by atoms with Gasteiger partial charge in [-0.15, -0.1) is 0 Å². The Morgan fingerprint density at radius 3 is 2.57 bits per heavy atom. The fourth-order valence-electron chi connectivity index (χ4n) is 2.33. The summed E-state index contributed by atoms with van der Waals surface area (Å²) in [5.41, 5.74) is 5.43. The molecule has 0 saturated heterocycles. The molecule has 9 heteroatoms. The second-order valence-electron chi connectivity index (χ2n) is 5.21. The van der Waals surface area contributed by atoms with Crippen molar-refractivity contribution >= 4 is 21.6 Å². The van der Waals surface area contributed by atoms with E-state index in [1.54, 1.807) is 0 Å². The summed E-state index contributed by atoms with van der Waals surface area (Å²) < 4.78 is 37.4. The summed E-state index contributed by atoms with van der Waals surface area (Å²) in [4.78, 5) is 11.9. The Bertz CT molecular complexity index is 552. The van der Waals surface area contributed by atoms with E-state index in [1.165, 1.54) is 6.20 Å². The fraction of sp³-hybridized carbons (Fsp3) is 0.667. The summed E-state index contributed by atoms with van der Waals surface area (Å²) in [6.07, 6.45) is 0.247. The zero-order chi connectivity index (χ0) is 15.6. The van der Waals surface area contributed by atoms with Crippen molar-refractivity contribution in [1.82, 2.24) is 9.78 Å². The van der Waals surface area contributed by atoms with E-state index in [0.29, 0.717) is 10.4 Å². The number of alkyl halides is 3. The topological polar surface area (TPSA) is 72.9 Å². The zero-order valence-electron chi connectivity index (χ0n) is 11.2. The summed E-state index contributed by atoms with van der Waals surface area (Å²) in [5, 5.41) is 6.71. The van der Waals surface area contributed by atoms with Crippen molar-refractivity contribution in [3.63, 3.8) is 0 Å². The Balaban J connectivity index is 2.12. The standard InChI is InChI=1S/C12H16BrF3N4O/c13-10-9(19-8-3-1-7(17)2-4-8)5-18-20(11(10)21)6-12(14,15)16/h5,7-8,19H,1-4,6,17H2. The van der Waals surface area contributed by atoms with Crippen LogP contribution >= 0.6 is 15.9 Å². The lowest BCUT2D eigenvalue weighted by Gasteiger charge is -2.27. The third-order valence-electron chi connectivity index (χ3n) is 3.45. The minimum absolute atomic E-state index is 0.0663. The van der Waals surface area contributed by atoms with Crippen LogP contribution in [0.25, 0.3) is 0 Å². The SMILES string of the molecule is NC1CCC(Nc2cnn(CC(F)(F)F)c(=O)c2Br)CC1. The van der Waals surface area contributed by atoms with Gasteiger partial charge in [0.25, 0.3) is 5.56 Å². The molecule has 0 bridgehead atoms. The van der Waals surface area contributed by atoms with Crippen molar-refractivity contribution in [3.05, 3.63) is 21.0 Å². The summed E-state index contributed by atoms with van der Waals surface area (Å²) in [6.45, 7) is -1.40. The molecular weight excluding hydrogens is 353 g/mol. The molecular formula is C12H16BrF3N4O. The number of hydrogen-bond acceptors (Lipinski definition) is 4. The van der Waals surface area contributed by atoms with Gasteiger partial charge in [0.2, 0.25) is 0 Å². The third kappa shape index (κ3) is 4.44. The molecule has 0 radical (unpaired) electrons. The molecule has 0 spiro atoms. The first kappa shape index (κ1) is 16.3. The maximum atomic E-state index is 12.3.